The van der Waals surface area contributed by atoms with Crippen molar-refractivity contribution in [3.8, 4) is 0 Å². The van der Waals surface area contributed by atoms with Crippen LogP contribution >= 0.6 is 0 Å². The second-order valence-corrected chi connectivity index (χ2v) is 5.79. The Balaban J connectivity index is 1.76. The highest BCUT2D eigenvalue weighted by molar-refractivity contribution is 5.83. The van der Waals surface area contributed by atoms with Crippen LogP contribution in [0, 0.1) is 0 Å². The Morgan fingerprint density at radius 2 is 2.10 bits per heavy atom. The van der Waals surface area contributed by atoms with Crippen molar-refractivity contribution in [2.75, 3.05) is 0 Å². The molecular formula is C17H20N4. The Morgan fingerprint density at radius 1 is 1.14 bits per heavy atom. The highest BCUT2D eigenvalue weighted by Crippen LogP contribution is 2.22. The molecule has 3 heterocycles. The monoisotopic (exact) mass is 280 g/mol. The van der Waals surface area contributed by atoms with E-state index in [1.54, 1.807) is 0 Å². The summed E-state index contributed by atoms with van der Waals surface area (Å²) >= 11 is 0. The number of para-hydroxylation sites is 1. The Morgan fingerprint density at radius 3 is 3.00 bits per heavy atom. The first-order chi connectivity index (χ1) is 10.4. The molecule has 0 saturated heterocycles. The summed E-state index contributed by atoms with van der Waals surface area (Å²) in [5, 5.41) is 10.1. The Bertz CT molecular complexity index is 781. The molecule has 108 valence electrons. The van der Waals surface area contributed by atoms with Crippen LogP contribution in [-0.4, -0.2) is 19.3 Å². The fraction of sp³-hybridized carbons (Fsp3) is 0.412. The summed E-state index contributed by atoms with van der Waals surface area (Å²) in [5.74, 6) is 2.25. The van der Waals surface area contributed by atoms with E-state index in [2.05, 4.69) is 56.7 Å². The molecule has 0 atom stereocenters. The van der Waals surface area contributed by atoms with Gasteiger partial charge in [-0.1, -0.05) is 25.1 Å². The summed E-state index contributed by atoms with van der Waals surface area (Å²) in [7, 11) is 0. The summed E-state index contributed by atoms with van der Waals surface area (Å²) in [4.78, 5) is 0. The third-order valence-electron chi connectivity index (χ3n) is 4.50. The molecule has 1 aliphatic heterocycles. The maximum absolute atomic E-state index is 4.43. The van der Waals surface area contributed by atoms with Gasteiger partial charge in [-0.25, -0.2) is 0 Å². The molecule has 0 spiro atoms. The maximum atomic E-state index is 4.43. The van der Waals surface area contributed by atoms with Crippen molar-refractivity contribution in [3.05, 3.63) is 47.7 Å². The third kappa shape index (κ3) is 2.06. The van der Waals surface area contributed by atoms with E-state index in [0.717, 1.165) is 37.6 Å². The molecule has 3 aromatic rings. The second kappa shape index (κ2) is 5.02. The number of nitrogens with zero attached hydrogens (tertiary/aromatic N) is 4. The van der Waals surface area contributed by atoms with E-state index in [0.29, 0.717) is 0 Å². The Labute approximate surface area is 124 Å². The van der Waals surface area contributed by atoms with Crippen molar-refractivity contribution in [2.24, 2.45) is 0 Å². The quantitative estimate of drug-likeness (QED) is 0.738. The molecule has 2 aromatic heterocycles. The molecule has 4 rings (SSSR count). The first kappa shape index (κ1) is 12.6. The summed E-state index contributed by atoms with van der Waals surface area (Å²) in [5.41, 5.74) is 2.74. The molecule has 0 aliphatic carbocycles. The van der Waals surface area contributed by atoms with Gasteiger partial charge in [0.25, 0.3) is 0 Å². The van der Waals surface area contributed by atoms with Crippen LogP contribution in [0.4, 0.5) is 0 Å². The van der Waals surface area contributed by atoms with Crippen molar-refractivity contribution >= 4 is 10.9 Å². The zero-order valence-corrected chi connectivity index (χ0v) is 12.4. The predicted octanol–water partition coefficient (Wildman–Crippen LogP) is 3.18. The van der Waals surface area contributed by atoms with Gasteiger partial charge in [-0.2, -0.15) is 0 Å². The van der Waals surface area contributed by atoms with E-state index in [4.69, 9.17) is 0 Å². The topological polar surface area (TPSA) is 35.6 Å². The minimum absolute atomic E-state index is 0.813. The lowest BCUT2D eigenvalue weighted by Crippen LogP contribution is -2.15. The molecule has 0 saturated carbocycles. The van der Waals surface area contributed by atoms with Crippen LogP contribution in [0.25, 0.3) is 10.9 Å². The number of benzene rings is 1. The zero-order chi connectivity index (χ0) is 14.2. The first-order valence-electron chi connectivity index (χ1n) is 7.84. The van der Waals surface area contributed by atoms with E-state index < -0.39 is 0 Å². The highest BCUT2D eigenvalue weighted by atomic mass is 15.3. The van der Waals surface area contributed by atoms with Gasteiger partial charge in [-0.15, -0.1) is 10.2 Å². The highest BCUT2D eigenvalue weighted by Gasteiger charge is 2.16. The molecule has 21 heavy (non-hydrogen) atoms. The average Bonchev–Trinajstić information content (AvgIpc) is 3.13. The van der Waals surface area contributed by atoms with E-state index >= 15 is 0 Å². The number of aromatic nitrogens is 4. The van der Waals surface area contributed by atoms with E-state index in [1.807, 2.05) is 0 Å². The summed E-state index contributed by atoms with van der Waals surface area (Å²) in [6.07, 6.45) is 6.78. The van der Waals surface area contributed by atoms with Crippen LogP contribution in [0.15, 0.2) is 30.5 Å². The molecule has 0 radical (unpaired) electrons. The standard InChI is InChI=1S/C17H20N4/c1-2-13-6-5-7-14-9-11-20(17(13)14)12-16-19-18-15-8-3-4-10-21(15)16/h5-7,9,11H,2-4,8,10,12H2,1H3. The van der Waals surface area contributed by atoms with Crippen molar-refractivity contribution in [3.63, 3.8) is 0 Å². The van der Waals surface area contributed by atoms with Gasteiger partial charge in [-0.3, -0.25) is 0 Å². The molecule has 1 aromatic carbocycles. The van der Waals surface area contributed by atoms with Gasteiger partial charge in [0.2, 0.25) is 0 Å². The summed E-state index contributed by atoms with van der Waals surface area (Å²) in [6.45, 7) is 4.09. The van der Waals surface area contributed by atoms with Gasteiger partial charge >= 0.3 is 0 Å². The van der Waals surface area contributed by atoms with Crippen molar-refractivity contribution in [1.29, 1.82) is 0 Å². The Hall–Kier alpha value is -2.10. The first-order valence-corrected chi connectivity index (χ1v) is 7.84. The van der Waals surface area contributed by atoms with Crippen LogP contribution in [0.1, 0.15) is 37.0 Å². The number of rotatable bonds is 3. The minimum Gasteiger partial charge on any atom is -0.340 e. The second-order valence-electron chi connectivity index (χ2n) is 5.79. The smallest absolute Gasteiger partial charge is 0.153 e. The van der Waals surface area contributed by atoms with Gasteiger partial charge in [0, 0.05) is 19.2 Å². The van der Waals surface area contributed by atoms with Crippen LogP contribution in [0.3, 0.4) is 0 Å². The molecule has 4 heteroatoms. The third-order valence-corrected chi connectivity index (χ3v) is 4.50. The molecular weight excluding hydrogens is 260 g/mol. The van der Waals surface area contributed by atoms with Crippen LogP contribution in [0.2, 0.25) is 0 Å². The van der Waals surface area contributed by atoms with E-state index in [9.17, 15) is 0 Å². The van der Waals surface area contributed by atoms with Gasteiger partial charge in [0.15, 0.2) is 5.82 Å². The molecule has 0 fully saturated rings. The SMILES string of the molecule is CCc1cccc2ccn(Cc3nnc4n3CCCC4)c12. The normalized spacial score (nSPS) is 14.5. The van der Waals surface area contributed by atoms with Gasteiger partial charge in [0.05, 0.1) is 12.1 Å². The molecule has 4 nitrogen and oxygen atoms in total. The summed E-state index contributed by atoms with van der Waals surface area (Å²) < 4.78 is 4.63. The average molecular weight is 280 g/mol. The fourth-order valence-electron chi connectivity index (χ4n) is 3.40. The molecule has 0 N–H and O–H groups in total. The number of aryl methyl sites for hydroxylation is 2. The Kier molecular flexibility index (Phi) is 3.02. The van der Waals surface area contributed by atoms with E-state index in [-0.39, 0.29) is 0 Å². The largest absolute Gasteiger partial charge is 0.340 e. The minimum atomic E-state index is 0.813. The number of hydrogen-bond donors (Lipinski definition) is 0. The van der Waals surface area contributed by atoms with Crippen molar-refractivity contribution in [1.82, 2.24) is 19.3 Å². The van der Waals surface area contributed by atoms with Gasteiger partial charge < -0.3 is 9.13 Å². The fourth-order valence-corrected chi connectivity index (χ4v) is 3.40. The lowest BCUT2D eigenvalue weighted by Gasteiger charge is -2.15. The molecule has 0 bridgehead atoms. The predicted molar refractivity (Wildman–Crippen MR) is 83.4 cm³/mol. The maximum Gasteiger partial charge on any atom is 0.153 e. The lowest BCUT2D eigenvalue weighted by molar-refractivity contribution is 0.503. The van der Waals surface area contributed by atoms with Crippen LogP contribution in [-0.2, 0) is 25.9 Å². The van der Waals surface area contributed by atoms with Gasteiger partial charge in [0.1, 0.15) is 5.82 Å². The summed E-state index contributed by atoms with van der Waals surface area (Å²) in [6, 6.07) is 8.74. The van der Waals surface area contributed by atoms with Crippen LogP contribution < -0.4 is 0 Å². The van der Waals surface area contributed by atoms with Gasteiger partial charge in [-0.05, 0) is 36.3 Å². The van der Waals surface area contributed by atoms with Crippen LogP contribution in [0.5, 0.6) is 0 Å². The molecule has 0 unspecified atom stereocenters. The number of hydrogen-bond acceptors (Lipinski definition) is 2. The zero-order valence-electron chi connectivity index (χ0n) is 12.4. The lowest BCUT2D eigenvalue weighted by atomic mass is 10.1. The van der Waals surface area contributed by atoms with E-state index in [1.165, 1.54) is 29.3 Å². The number of fused-ring (bicyclic) bond motifs is 2. The van der Waals surface area contributed by atoms with Crippen molar-refractivity contribution in [2.45, 2.75) is 45.7 Å². The molecule has 1 aliphatic rings. The molecule has 0 amide bonds. The van der Waals surface area contributed by atoms with Crippen molar-refractivity contribution < 1.29 is 0 Å².